The minimum atomic E-state index is -0.0895. The van der Waals surface area contributed by atoms with Crippen LogP contribution in [0.1, 0.15) is 85.0 Å². The van der Waals surface area contributed by atoms with Crippen LogP contribution in [-0.2, 0) is 0 Å². The maximum atomic E-state index is 10.6. The molecule has 4 fully saturated rings. The average Bonchev–Trinajstić information content (AvgIpc) is 2.92. The Labute approximate surface area is 148 Å². The molecule has 2 heteroatoms. The van der Waals surface area contributed by atoms with Crippen LogP contribution < -0.4 is 0 Å². The fourth-order valence-electron chi connectivity index (χ4n) is 8.19. The molecule has 0 amide bonds. The Morgan fingerprint density at radius 1 is 0.917 bits per heavy atom. The van der Waals surface area contributed by atoms with Gasteiger partial charge in [0.15, 0.2) is 0 Å². The summed E-state index contributed by atoms with van der Waals surface area (Å²) in [5.74, 6) is 3.89. The number of fused-ring (bicyclic) bond motifs is 5. The molecule has 1 unspecified atom stereocenters. The molecule has 0 aromatic rings. The topological polar surface area (TPSA) is 40.5 Å². The van der Waals surface area contributed by atoms with Crippen LogP contribution in [0.25, 0.3) is 0 Å². The van der Waals surface area contributed by atoms with Crippen LogP contribution in [0.5, 0.6) is 0 Å². The van der Waals surface area contributed by atoms with Crippen LogP contribution >= 0.6 is 0 Å². The van der Waals surface area contributed by atoms with Gasteiger partial charge in [-0.2, -0.15) is 0 Å². The molecule has 138 valence electrons. The molecule has 0 radical (unpaired) electrons. The molecular formula is C22H38O2. The van der Waals surface area contributed by atoms with Crippen LogP contribution in [-0.4, -0.2) is 22.4 Å². The highest BCUT2D eigenvalue weighted by Gasteiger charge is 2.60. The van der Waals surface area contributed by atoms with E-state index in [0.717, 1.165) is 42.9 Å². The van der Waals surface area contributed by atoms with E-state index in [1.54, 1.807) is 0 Å². The zero-order valence-electron chi connectivity index (χ0n) is 16.0. The number of rotatable bonds is 2. The van der Waals surface area contributed by atoms with Gasteiger partial charge >= 0.3 is 0 Å². The summed E-state index contributed by atoms with van der Waals surface area (Å²) in [5.41, 5.74) is 0.860. The van der Waals surface area contributed by atoms with E-state index in [4.69, 9.17) is 0 Å². The summed E-state index contributed by atoms with van der Waals surface area (Å²) in [4.78, 5) is 0. The molecule has 4 aliphatic rings. The minimum Gasteiger partial charge on any atom is -0.393 e. The van der Waals surface area contributed by atoms with Crippen molar-refractivity contribution in [2.75, 3.05) is 0 Å². The van der Waals surface area contributed by atoms with Gasteiger partial charge in [-0.3, -0.25) is 0 Å². The van der Waals surface area contributed by atoms with Crippen molar-refractivity contribution in [2.45, 2.75) is 97.2 Å². The Balaban J connectivity index is 1.59. The highest BCUT2D eigenvalue weighted by molar-refractivity contribution is 5.09. The van der Waals surface area contributed by atoms with Crippen molar-refractivity contribution in [1.82, 2.24) is 0 Å². The van der Waals surface area contributed by atoms with Crippen LogP contribution in [0.4, 0.5) is 0 Å². The van der Waals surface area contributed by atoms with Gasteiger partial charge in [-0.05, 0) is 105 Å². The Morgan fingerprint density at radius 2 is 1.62 bits per heavy atom. The number of aliphatic hydroxyl groups excluding tert-OH is 2. The third-order valence-corrected chi connectivity index (χ3v) is 9.59. The molecule has 4 aliphatic carbocycles. The largest absolute Gasteiger partial charge is 0.393 e. The predicted molar refractivity (Wildman–Crippen MR) is 97.5 cm³/mol. The summed E-state index contributed by atoms with van der Waals surface area (Å²) in [7, 11) is 0. The first kappa shape index (κ1) is 17.3. The second-order valence-electron chi connectivity index (χ2n) is 10.3. The Kier molecular flexibility index (Phi) is 4.32. The fraction of sp³-hybridized carbons (Fsp3) is 1.00. The van der Waals surface area contributed by atoms with Gasteiger partial charge < -0.3 is 10.2 Å². The molecule has 4 rings (SSSR count). The summed E-state index contributed by atoms with van der Waals surface area (Å²) in [6.45, 7) is 7.23. The van der Waals surface area contributed by atoms with Gasteiger partial charge in [0.1, 0.15) is 0 Å². The van der Waals surface area contributed by atoms with E-state index in [0.29, 0.717) is 16.7 Å². The van der Waals surface area contributed by atoms with Crippen LogP contribution in [0.15, 0.2) is 0 Å². The van der Waals surface area contributed by atoms with Crippen molar-refractivity contribution in [1.29, 1.82) is 0 Å². The zero-order valence-corrected chi connectivity index (χ0v) is 16.0. The van der Waals surface area contributed by atoms with Crippen molar-refractivity contribution in [3.8, 4) is 0 Å². The fourth-order valence-corrected chi connectivity index (χ4v) is 8.19. The molecule has 0 bridgehead atoms. The molecule has 0 aromatic heterocycles. The van der Waals surface area contributed by atoms with E-state index in [-0.39, 0.29) is 12.2 Å². The molecule has 2 nitrogen and oxygen atoms in total. The first-order valence-electron chi connectivity index (χ1n) is 10.8. The molecule has 24 heavy (non-hydrogen) atoms. The normalized spacial score (nSPS) is 55.4. The summed E-state index contributed by atoms with van der Waals surface area (Å²) >= 11 is 0. The maximum Gasteiger partial charge on any atom is 0.0571 e. The van der Waals surface area contributed by atoms with Crippen LogP contribution in [0.2, 0.25) is 0 Å². The van der Waals surface area contributed by atoms with Crippen molar-refractivity contribution >= 4 is 0 Å². The highest BCUT2D eigenvalue weighted by Crippen LogP contribution is 2.67. The lowest BCUT2D eigenvalue weighted by atomic mass is 9.44. The van der Waals surface area contributed by atoms with Crippen molar-refractivity contribution < 1.29 is 10.2 Å². The molecule has 2 N–H and O–H groups in total. The highest BCUT2D eigenvalue weighted by atomic mass is 16.3. The average molecular weight is 335 g/mol. The van der Waals surface area contributed by atoms with Gasteiger partial charge in [0.05, 0.1) is 12.2 Å². The summed E-state index contributed by atoms with van der Waals surface area (Å²) in [5, 5.41) is 20.7. The lowest BCUT2D eigenvalue weighted by molar-refractivity contribution is -0.133. The SMILES string of the molecule is CC[C@H](O)[C@H]1CC[C@H]2[C@@H]3CCC4C[C@H](O)CC[C@]4(C)[C@H]3CC[C@]12C. The summed E-state index contributed by atoms with van der Waals surface area (Å²) in [6.07, 6.45) is 12.1. The predicted octanol–water partition coefficient (Wildman–Crippen LogP) is 4.78. The number of hydrogen-bond acceptors (Lipinski definition) is 2. The van der Waals surface area contributed by atoms with Crippen molar-refractivity contribution in [3.63, 3.8) is 0 Å². The number of aliphatic hydroxyl groups is 2. The van der Waals surface area contributed by atoms with E-state index in [1.165, 1.54) is 44.9 Å². The van der Waals surface area contributed by atoms with Gasteiger partial charge in [-0.25, -0.2) is 0 Å². The first-order chi connectivity index (χ1) is 11.4. The van der Waals surface area contributed by atoms with Gasteiger partial charge in [0.25, 0.3) is 0 Å². The molecule has 0 heterocycles. The first-order valence-corrected chi connectivity index (χ1v) is 10.8. The Bertz CT molecular complexity index is 477. The lowest BCUT2D eigenvalue weighted by Crippen LogP contribution is -2.54. The van der Waals surface area contributed by atoms with E-state index in [9.17, 15) is 10.2 Å². The molecule has 0 spiro atoms. The monoisotopic (exact) mass is 334 g/mol. The molecular weight excluding hydrogens is 296 g/mol. The quantitative estimate of drug-likeness (QED) is 0.763. The molecule has 0 aliphatic heterocycles. The van der Waals surface area contributed by atoms with Gasteiger partial charge in [0, 0.05) is 0 Å². The van der Waals surface area contributed by atoms with Crippen LogP contribution in [0, 0.1) is 40.4 Å². The lowest BCUT2D eigenvalue weighted by Gasteiger charge is -2.61. The number of hydrogen-bond donors (Lipinski definition) is 2. The second-order valence-corrected chi connectivity index (χ2v) is 10.3. The van der Waals surface area contributed by atoms with Crippen molar-refractivity contribution in [3.05, 3.63) is 0 Å². The summed E-state index contributed by atoms with van der Waals surface area (Å²) < 4.78 is 0. The van der Waals surface area contributed by atoms with E-state index < -0.39 is 0 Å². The van der Waals surface area contributed by atoms with Crippen LogP contribution in [0.3, 0.4) is 0 Å². The minimum absolute atomic E-state index is 0.0379. The zero-order chi connectivity index (χ0) is 17.1. The molecule has 0 saturated heterocycles. The third kappa shape index (κ3) is 2.35. The molecule has 4 saturated carbocycles. The van der Waals surface area contributed by atoms with Gasteiger partial charge in [0.2, 0.25) is 0 Å². The smallest absolute Gasteiger partial charge is 0.0571 e. The molecule has 9 atom stereocenters. The van der Waals surface area contributed by atoms with E-state index >= 15 is 0 Å². The Hall–Kier alpha value is -0.0800. The van der Waals surface area contributed by atoms with E-state index in [1.807, 2.05) is 0 Å². The Morgan fingerprint density at radius 3 is 2.38 bits per heavy atom. The second kappa shape index (κ2) is 5.98. The standard InChI is InChI=1S/C22H38O2/c1-4-20(24)19-8-7-17-16-6-5-14-13-15(23)9-11-21(14,2)18(16)10-12-22(17,19)3/h14-20,23-24H,4-13H2,1-3H3/t14?,15-,16+,17+,18+,19-,20+,21+,22+/m1/s1. The van der Waals surface area contributed by atoms with E-state index in [2.05, 4.69) is 20.8 Å². The third-order valence-electron chi connectivity index (χ3n) is 9.59. The maximum absolute atomic E-state index is 10.6. The molecule has 0 aromatic carbocycles. The van der Waals surface area contributed by atoms with Gasteiger partial charge in [-0.15, -0.1) is 0 Å². The van der Waals surface area contributed by atoms with Gasteiger partial charge in [-0.1, -0.05) is 20.8 Å². The summed E-state index contributed by atoms with van der Waals surface area (Å²) in [6, 6.07) is 0. The van der Waals surface area contributed by atoms with Crippen molar-refractivity contribution in [2.24, 2.45) is 40.4 Å².